The minimum absolute atomic E-state index is 0.0393. The van der Waals surface area contributed by atoms with Gasteiger partial charge in [-0.1, -0.05) is 6.92 Å². The number of carbonyl (C=O) groups is 1. The highest BCUT2D eigenvalue weighted by molar-refractivity contribution is 5.80. The largest absolute Gasteiger partial charge is 0.369 e. The number of rotatable bonds is 7. The van der Waals surface area contributed by atoms with Gasteiger partial charge in [-0.15, -0.1) is 0 Å². The van der Waals surface area contributed by atoms with Crippen LogP contribution in [0.1, 0.15) is 20.3 Å². The average molecular weight is 237 g/mol. The first-order valence-corrected chi connectivity index (χ1v) is 5.82. The van der Waals surface area contributed by atoms with Gasteiger partial charge in [0.2, 0.25) is 5.91 Å². The quantitative estimate of drug-likeness (QED) is 0.655. The summed E-state index contributed by atoms with van der Waals surface area (Å²) in [5, 5.41) is 8.76. The normalized spacial score (nSPS) is 9.76. The highest BCUT2D eigenvalue weighted by atomic mass is 16.1. The van der Waals surface area contributed by atoms with E-state index in [0.29, 0.717) is 18.2 Å². The molecule has 0 aliphatic heterocycles. The summed E-state index contributed by atoms with van der Waals surface area (Å²) in [6.07, 6.45) is 4.17. The Morgan fingerprint density at radius 2 is 1.94 bits per heavy atom. The number of anilines is 2. The second-order valence-electron chi connectivity index (χ2n) is 3.52. The molecular formula is C11H19N5O. The van der Waals surface area contributed by atoms with E-state index in [1.807, 2.05) is 13.8 Å². The number of amides is 1. The molecule has 3 N–H and O–H groups in total. The molecule has 0 bridgehead atoms. The average Bonchev–Trinajstić information content (AvgIpc) is 2.35. The Kier molecular flexibility index (Phi) is 5.77. The molecule has 0 aliphatic carbocycles. The number of hydrogen-bond acceptors (Lipinski definition) is 5. The van der Waals surface area contributed by atoms with Crippen LogP contribution in [0.25, 0.3) is 0 Å². The Bertz CT molecular complexity index is 355. The Hall–Kier alpha value is -1.85. The Balaban J connectivity index is 2.40. The topological polar surface area (TPSA) is 78.9 Å². The predicted molar refractivity (Wildman–Crippen MR) is 68.0 cm³/mol. The summed E-state index contributed by atoms with van der Waals surface area (Å²) in [7, 11) is 0. The summed E-state index contributed by atoms with van der Waals surface area (Å²) in [4.78, 5) is 19.6. The molecule has 0 aromatic carbocycles. The Morgan fingerprint density at radius 3 is 2.59 bits per heavy atom. The minimum atomic E-state index is -0.0393. The molecule has 17 heavy (non-hydrogen) atoms. The SMILES string of the molecule is CCCNC(=O)CNc1cncc(NCC)n1. The lowest BCUT2D eigenvalue weighted by molar-refractivity contribution is -0.119. The second-order valence-corrected chi connectivity index (χ2v) is 3.52. The third-order valence-corrected chi connectivity index (χ3v) is 1.99. The van der Waals surface area contributed by atoms with Crippen molar-refractivity contribution in [2.75, 3.05) is 30.3 Å². The minimum Gasteiger partial charge on any atom is -0.369 e. The standard InChI is InChI=1S/C11H19N5O/c1-3-5-14-11(17)8-15-10-7-12-6-9(16-10)13-4-2/h6-7H,3-5,8H2,1-2H3,(H,14,17)(H2,13,15,16). The lowest BCUT2D eigenvalue weighted by Gasteiger charge is -2.07. The van der Waals surface area contributed by atoms with Crippen molar-refractivity contribution in [2.45, 2.75) is 20.3 Å². The van der Waals surface area contributed by atoms with Crippen molar-refractivity contribution in [3.05, 3.63) is 12.4 Å². The highest BCUT2D eigenvalue weighted by Crippen LogP contribution is 2.05. The third kappa shape index (κ3) is 5.14. The van der Waals surface area contributed by atoms with Crippen molar-refractivity contribution in [2.24, 2.45) is 0 Å². The van der Waals surface area contributed by atoms with Crippen LogP contribution in [0.2, 0.25) is 0 Å². The number of nitrogens with zero attached hydrogens (tertiary/aromatic N) is 2. The molecule has 6 heteroatoms. The lowest BCUT2D eigenvalue weighted by Crippen LogP contribution is -2.30. The lowest BCUT2D eigenvalue weighted by atomic mass is 10.4. The van der Waals surface area contributed by atoms with Gasteiger partial charge >= 0.3 is 0 Å². The van der Waals surface area contributed by atoms with E-state index in [9.17, 15) is 4.79 Å². The van der Waals surface area contributed by atoms with Crippen LogP contribution in [-0.4, -0.2) is 35.5 Å². The second kappa shape index (κ2) is 7.43. The van der Waals surface area contributed by atoms with Crippen molar-refractivity contribution < 1.29 is 4.79 Å². The molecule has 6 nitrogen and oxygen atoms in total. The molecule has 0 fully saturated rings. The van der Waals surface area contributed by atoms with E-state index in [2.05, 4.69) is 25.9 Å². The fourth-order valence-corrected chi connectivity index (χ4v) is 1.22. The van der Waals surface area contributed by atoms with Gasteiger partial charge in [0, 0.05) is 13.1 Å². The van der Waals surface area contributed by atoms with E-state index < -0.39 is 0 Å². The molecule has 1 aromatic heterocycles. The van der Waals surface area contributed by atoms with Gasteiger partial charge in [0.05, 0.1) is 18.9 Å². The maximum Gasteiger partial charge on any atom is 0.239 e. The number of hydrogen-bond donors (Lipinski definition) is 3. The van der Waals surface area contributed by atoms with Gasteiger partial charge in [-0.3, -0.25) is 9.78 Å². The first kappa shape index (κ1) is 13.2. The number of aromatic nitrogens is 2. The van der Waals surface area contributed by atoms with Crippen molar-refractivity contribution >= 4 is 17.5 Å². The molecule has 1 amide bonds. The molecule has 0 saturated carbocycles. The molecule has 0 aliphatic rings. The van der Waals surface area contributed by atoms with Crippen LogP contribution < -0.4 is 16.0 Å². The zero-order valence-electron chi connectivity index (χ0n) is 10.3. The van der Waals surface area contributed by atoms with Gasteiger partial charge in [0.25, 0.3) is 0 Å². The van der Waals surface area contributed by atoms with Gasteiger partial charge in [0.15, 0.2) is 0 Å². The summed E-state index contributed by atoms with van der Waals surface area (Å²) in [6, 6.07) is 0. The van der Waals surface area contributed by atoms with Crippen molar-refractivity contribution in [1.82, 2.24) is 15.3 Å². The van der Waals surface area contributed by atoms with E-state index in [0.717, 1.165) is 13.0 Å². The Labute approximate surface area is 101 Å². The number of carbonyl (C=O) groups excluding carboxylic acids is 1. The van der Waals surface area contributed by atoms with Crippen LogP contribution in [0.3, 0.4) is 0 Å². The van der Waals surface area contributed by atoms with Gasteiger partial charge in [-0.25, -0.2) is 4.98 Å². The van der Waals surface area contributed by atoms with E-state index in [1.54, 1.807) is 12.4 Å². The van der Waals surface area contributed by atoms with Crippen molar-refractivity contribution in [3.63, 3.8) is 0 Å². The van der Waals surface area contributed by atoms with Crippen molar-refractivity contribution in [3.8, 4) is 0 Å². The molecule has 94 valence electrons. The highest BCUT2D eigenvalue weighted by Gasteiger charge is 2.01. The molecule has 1 heterocycles. The molecule has 1 aromatic rings. The van der Waals surface area contributed by atoms with Gasteiger partial charge < -0.3 is 16.0 Å². The zero-order chi connectivity index (χ0) is 12.5. The predicted octanol–water partition coefficient (Wildman–Crippen LogP) is 0.846. The maximum atomic E-state index is 11.3. The first-order chi connectivity index (χ1) is 8.26. The van der Waals surface area contributed by atoms with E-state index in [4.69, 9.17) is 0 Å². The number of nitrogens with one attached hydrogen (secondary N) is 3. The first-order valence-electron chi connectivity index (χ1n) is 5.82. The van der Waals surface area contributed by atoms with Crippen LogP contribution in [-0.2, 0) is 4.79 Å². The summed E-state index contributed by atoms with van der Waals surface area (Å²) in [5.74, 6) is 1.25. The summed E-state index contributed by atoms with van der Waals surface area (Å²) in [5.41, 5.74) is 0. The Morgan fingerprint density at radius 1 is 1.24 bits per heavy atom. The van der Waals surface area contributed by atoms with Crippen LogP contribution >= 0.6 is 0 Å². The molecule has 0 radical (unpaired) electrons. The molecule has 0 spiro atoms. The molecule has 1 rings (SSSR count). The van der Waals surface area contributed by atoms with Crippen LogP contribution in [0, 0.1) is 0 Å². The van der Waals surface area contributed by atoms with E-state index in [-0.39, 0.29) is 12.5 Å². The third-order valence-electron chi connectivity index (χ3n) is 1.99. The zero-order valence-corrected chi connectivity index (χ0v) is 10.3. The van der Waals surface area contributed by atoms with E-state index >= 15 is 0 Å². The van der Waals surface area contributed by atoms with Crippen LogP contribution in [0.5, 0.6) is 0 Å². The summed E-state index contributed by atoms with van der Waals surface area (Å²) < 4.78 is 0. The molecule has 0 atom stereocenters. The van der Waals surface area contributed by atoms with E-state index in [1.165, 1.54) is 0 Å². The molecule has 0 saturated heterocycles. The smallest absolute Gasteiger partial charge is 0.239 e. The van der Waals surface area contributed by atoms with Crippen LogP contribution in [0.15, 0.2) is 12.4 Å². The maximum absolute atomic E-state index is 11.3. The summed E-state index contributed by atoms with van der Waals surface area (Å²) in [6.45, 7) is 5.70. The van der Waals surface area contributed by atoms with Gasteiger partial charge in [0.1, 0.15) is 11.6 Å². The fraction of sp³-hybridized carbons (Fsp3) is 0.545. The monoisotopic (exact) mass is 237 g/mol. The molecular weight excluding hydrogens is 218 g/mol. The van der Waals surface area contributed by atoms with Crippen molar-refractivity contribution in [1.29, 1.82) is 0 Å². The van der Waals surface area contributed by atoms with Gasteiger partial charge in [-0.05, 0) is 13.3 Å². The fourth-order valence-electron chi connectivity index (χ4n) is 1.22. The van der Waals surface area contributed by atoms with Crippen LogP contribution in [0.4, 0.5) is 11.6 Å². The summed E-state index contributed by atoms with van der Waals surface area (Å²) >= 11 is 0. The van der Waals surface area contributed by atoms with Gasteiger partial charge in [-0.2, -0.15) is 0 Å². The molecule has 0 unspecified atom stereocenters.